The molecule has 1 heterocycles. The number of hydrogen-bond donors (Lipinski definition) is 3. The van der Waals surface area contributed by atoms with E-state index in [-0.39, 0.29) is 17.9 Å². The zero-order chi connectivity index (χ0) is 18.5. The minimum absolute atomic E-state index is 0.0512. The maximum Gasteiger partial charge on any atom is 0.278 e. The Labute approximate surface area is 152 Å². The van der Waals surface area contributed by atoms with Crippen LogP contribution >= 0.6 is 0 Å². The molecule has 2 atom stereocenters. The van der Waals surface area contributed by atoms with Gasteiger partial charge in [0.05, 0.1) is 19.5 Å². The van der Waals surface area contributed by atoms with Gasteiger partial charge in [0.15, 0.2) is 12.8 Å². The van der Waals surface area contributed by atoms with E-state index in [1.54, 1.807) is 0 Å². The predicted molar refractivity (Wildman–Crippen MR) is 98.7 cm³/mol. The van der Waals surface area contributed by atoms with Crippen molar-refractivity contribution in [3.63, 3.8) is 0 Å². The van der Waals surface area contributed by atoms with E-state index in [1.165, 1.54) is 0 Å². The summed E-state index contributed by atoms with van der Waals surface area (Å²) in [6.07, 6.45) is 4.28. The van der Waals surface area contributed by atoms with Crippen molar-refractivity contribution in [3.8, 4) is 0 Å². The number of likely N-dealkylation sites (N-methyl/N-ethyl adjacent to an activating group) is 1. The van der Waals surface area contributed by atoms with Crippen molar-refractivity contribution >= 4 is 11.8 Å². The fraction of sp³-hybridized carbons (Fsp3) is 0.889. The van der Waals surface area contributed by atoms with E-state index in [9.17, 15) is 9.59 Å². The van der Waals surface area contributed by atoms with Crippen molar-refractivity contribution in [3.05, 3.63) is 0 Å². The molecular formula is C18H37N4O3+. The molecule has 7 heteroatoms. The van der Waals surface area contributed by atoms with Crippen LogP contribution in [0.1, 0.15) is 52.9 Å². The highest BCUT2D eigenvalue weighted by atomic mass is 16.5. The first kappa shape index (κ1) is 21.9. The van der Waals surface area contributed by atoms with Crippen LogP contribution in [0.4, 0.5) is 0 Å². The molecule has 0 saturated carbocycles. The Balaban J connectivity index is 2.48. The Hall–Kier alpha value is -1.18. The van der Waals surface area contributed by atoms with Crippen LogP contribution in [0, 0.1) is 0 Å². The number of amides is 2. The summed E-state index contributed by atoms with van der Waals surface area (Å²) in [5.74, 6) is 0.212. The lowest BCUT2D eigenvalue weighted by molar-refractivity contribution is -0.995. The van der Waals surface area contributed by atoms with Crippen LogP contribution in [0.15, 0.2) is 0 Å². The Kier molecular flexibility index (Phi) is 10.7. The van der Waals surface area contributed by atoms with Crippen LogP contribution in [-0.4, -0.2) is 68.5 Å². The summed E-state index contributed by atoms with van der Waals surface area (Å²) in [6.45, 7) is 11.1. The van der Waals surface area contributed by atoms with E-state index in [0.717, 1.165) is 51.9 Å². The maximum absolute atomic E-state index is 12.3. The number of nitrogens with one attached hydrogen (secondary N) is 3. The van der Waals surface area contributed by atoms with Crippen LogP contribution < -0.4 is 16.0 Å². The minimum atomic E-state index is -0.0512. The third kappa shape index (κ3) is 7.30. The molecule has 7 nitrogen and oxygen atoms in total. The number of quaternary nitrogens is 1. The lowest BCUT2D eigenvalue weighted by atomic mass is 9.96. The van der Waals surface area contributed by atoms with Crippen molar-refractivity contribution in [1.29, 1.82) is 0 Å². The molecule has 1 aliphatic rings. The summed E-state index contributed by atoms with van der Waals surface area (Å²) in [6, 6.07) is -0.0512. The number of rotatable bonds is 14. The smallest absolute Gasteiger partial charge is 0.278 e. The van der Waals surface area contributed by atoms with Crippen LogP contribution in [-0.2, 0) is 14.3 Å². The third-order valence-electron chi connectivity index (χ3n) is 4.82. The van der Waals surface area contributed by atoms with E-state index < -0.39 is 0 Å². The van der Waals surface area contributed by atoms with Gasteiger partial charge < -0.3 is 15.4 Å². The number of ether oxygens (including phenoxy) is 1. The number of hydrogen-bond acceptors (Lipinski definition) is 4. The van der Waals surface area contributed by atoms with Crippen LogP contribution in [0.25, 0.3) is 0 Å². The summed E-state index contributed by atoms with van der Waals surface area (Å²) in [4.78, 5) is 24.2. The Morgan fingerprint density at radius 1 is 1.12 bits per heavy atom. The van der Waals surface area contributed by atoms with Gasteiger partial charge in [0.1, 0.15) is 6.73 Å². The molecule has 25 heavy (non-hydrogen) atoms. The molecule has 0 radical (unpaired) electrons. The molecule has 0 aromatic carbocycles. The second-order valence-electron chi connectivity index (χ2n) is 6.75. The van der Waals surface area contributed by atoms with Crippen molar-refractivity contribution in [2.24, 2.45) is 0 Å². The van der Waals surface area contributed by atoms with E-state index in [0.29, 0.717) is 30.9 Å². The fourth-order valence-electron chi connectivity index (χ4n) is 3.23. The summed E-state index contributed by atoms with van der Waals surface area (Å²) in [7, 11) is 0. The molecule has 0 aromatic heterocycles. The van der Waals surface area contributed by atoms with Gasteiger partial charge in [-0.25, -0.2) is 0 Å². The molecule has 1 rings (SSSR count). The van der Waals surface area contributed by atoms with E-state index >= 15 is 0 Å². The SMILES string of the molecule is CCCCNC(=O)CCC[N+]1(COCNCC)CCC1C(=O)NCC. The summed E-state index contributed by atoms with van der Waals surface area (Å²) >= 11 is 0. The van der Waals surface area contributed by atoms with Gasteiger partial charge in [0.25, 0.3) is 5.91 Å². The quantitative estimate of drug-likeness (QED) is 0.246. The van der Waals surface area contributed by atoms with Gasteiger partial charge in [-0.3, -0.25) is 19.4 Å². The summed E-state index contributed by atoms with van der Waals surface area (Å²) in [5.41, 5.74) is 0. The van der Waals surface area contributed by atoms with Crippen LogP contribution in [0.3, 0.4) is 0 Å². The molecule has 1 saturated heterocycles. The van der Waals surface area contributed by atoms with Gasteiger partial charge in [-0.1, -0.05) is 20.3 Å². The highest BCUT2D eigenvalue weighted by Gasteiger charge is 2.50. The molecule has 2 unspecified atom stereocenters. The Bertz CT molecular complexity index is 406. The van der Waals surface area contributed by atoms with Crippen molar-refractivity contribution in [1.82, 2.24) is 16.0 Å². The lowest BCUT2D eigenvalue weighted by Gasteiger charge is -2.50. The summed E-state index contributed by atoms with van der Waals surface area (Å²) < 4.78 is 6.40. The molecule has 3 N–H and O–H groups in total. The van der Waals surface area contributed by atoms with Crippen LogP contribution in [0.2, 0.25) is 0 Å². The molecular weight excluding hydrogens is 320 g/mol. The minimum Gasteiger partial charge on any atom is -0.356 e. The van der Waals surface area contributed by atoms with Gasteiger partial charge in [0.2, 0.25) is 5.91 Å². The molecule has 1 fully saturated rings. The average molecular weight is 358 g/mol. The lowest BCUT2D eigenvalue weighted by Crippen LogP contribution is -2.70. The zero-order valence-corrected chi connectivity index (χ0v) is 16.2. The predicted octanol–water partition coefficient (Wildman–Crippen LogP) is 0.949. The maximum atomic E-state index is 12.3. The van der Waals surface area contributed by atoms with Gasteiger partial charge in [-0.05, 0) is 19.9 Å². The molecule has 0 aromatic rings. The first-order valence-electron chi connectivity index (χ1n) is 9.78. The fourth-order valence-corrected chi connectivity index (χ4v) is 3.23. The number of likely N-dealkylation sites (tertiary alicyclic amines) is 1. The molecule has 0 bridgehead atoms. The standard InChI is InChI=1S/C18H36N4O3/c1-4-7-11-21-17(23)9-8-12-22(15-25-14-19-5-2)13-10-16(22)18(24)20-6-3/h16,19H,4-15H2,1-3H3,(H-,20,21,23,24)/p+1. The highest BCUT2D eigenvalue weighted by Crippen LogP contribution is 2.29. The first-order chi connectivity index (χ1) is 12.1. The number of carbonyl (C=O) groups is 2. The van der Waals surface area contributed by atoms with Crippen molar-refractivity contribution < 1.29 is 18.8 Å². The Morgan fingerprint density at radius 2 is 1.92 bits per heavy atom. The molecule has 0 spiro atoms. The topological polar surface area (TPSA) is 79.5 Å². The van der Waals surface area contributed by atoms with E-state index in [4.69, 9.17) is 4.74 Å². The van der Waals surface area contributed by atoms with E-state index in [2.05, 4.69) is 22.9 Å². The average Bonchev–Trinajstić information content (AvgIpc) is 2.56. The first-order valence-corrected chi connectivity index (χ1v) is 9.78. The second kappa shape index (κ2) is 12.2. The monoisotopic (exact) mass is 357 g/mol. The summed E-state index contributed by atoms with van der Waals surface area (Å²) in [5, 5.41) is 9.03. The van der Waals surface area contributed by atoms with Gasteiger partial charge in [0, 0.05) is 25.9 Å². The molecule has 1 aliphatic heterocycles. The van der Waals surface area contributed by atoms with Gasteiger partial charge in [-0.2, -0.15) is 0 Å². The van der Waals surface area contributed by atoms with E-state index in [1.807, 2.05) is 13.8 Å². The second-order valence-corrected chi connectivity index (χ2v) is 6.75. The number of carbonyl (C=O) groups excluding carboxylic acids is 2. The molecule has 2 amide bonds. The van der Waals surface area contributed by atoms with Crippen molar-refractivity contribution in [2.45, 2.75) is 58.9 Å². The highest BCUT2D eigenvalue weighted by molar-refractivity contribution is 5.81. The molecule has 0 aliphatic carbocycles. The molecule has 146 valence electrons. The Morgan fingerprint density at radius 3 is 2.52 bits per heavy atom. The zero-order valence-electron chi connectivity index (χ0n) is 16.2. The van der Waals surface area contributed by atoms with Crippen LogP contribution in [0.5, 0.6) is 0 Å². The van der Waals surface area contributed by atoms with Gasteiger partial charge >= 0.3 is 0 Å². The van der Waals surface area contributed by atoms with Gasteiger partial charge in [-0.15, -0.1) is 0 Å². The number of nitrogens with zero attached hydrogens (tertiary/aromatic N) is 1. The largest absolute Gasteiger partial charge is 0.356 e. The normalized spacial score (nSPS) is 22.3. The van der Waals surface area contributed by atoms with Crippen molar-refractivity contribution in [2.75, 3.05) is 46.2 Å². The third-order valence-corrected chi connectivity index (χ3v) is 4.82. The number of unbranched alkanes of at least 4 members (excludes halogenated alkanes) is 1.